The molecule has 0 spiro atoms. The van der Waals surface area contributed by atoms with Gasteiger partial charge in [-0.15, -0.1) is 0 Å². The normalized spacial score (nSPS) is 23.8. The van der Waals surface area contributed by atoms with E-state index in [0.29, 0.717) is 0 Å². The van der Waals surface area contributed by atoms with Gasteiger partial charge in [0.05, 0.1) is 5.66 Å². The van der Waals surface area contributed by atoms with Gasteiger partial charge in [-0.2, -0.15) is 0 Å². The molecule has 5 rings (SSSR count). The Morgan fingerprint density at radius 3 is 1.86 bits per heavy atom. The highest BCUT2D eigenvalue weighted by Crippen LogP contribution is 2.76. The molecule has 2 heteroatoms. The fourth-order valence-electron chi connectivity index (χ4n) is 4.31. The first-order valence-corrected chi connectivity index (χ1v) is 11.2. The summed E-state index contributed by atoms with van der Waals surface area (Å²) in [6, 6.07) is 30.6. The highest BCUT2D eigenvalue weighted by Gasteiger charge is 2.51. The predicted octanol–water partition coefficient (Wildman–Crippen LogP) is 6.53. The molecular weight excluding hydrogens is 359 g/mol. The number of hydrogen-bond donors (Lipinski definition) is 0. The molecule has 3 aromatic carbocycles. The van der Waals surface area contributed by atoms with Crippen LogP contribution in [0.15, 0.2) is 115 Å². The summed E-state index contributed by atoms with van der Waals surface area (Å²) in [6.45, 7) is 0. The van der Waals surface area contributed by atoms with Crippen molar-refractivity contribution < 1.29 is 4.57 Å². The molecule has 135 valence electrons. The van der Waals surface area contributed by atoms with Crippen molar-refractivity contribution in [2.24, 2.45) is 5.92 Å². The summed E-state index contributed by atoms with van der Waals surface area (Å²) < 4.78 is 14.9. The summed E-state index contributed by atoms with van der Waals surface area (Å²) in [5.41, 5.74) is 4.35. The summed E-state index contributed by atoms with van der Waals surface area (Å²) in [4.78, 5) is 0. The Morgan fingerprint density at radius 2 is 1.21 bits per heavy atom. The van der Waals surface area contributed by atoms with Crippen LogP contribution in [0.4, 0.5) is 0 Å². The average Bonchev–Trinajstić information content (AvgIpc) is 3.06. The van der Waals surface area contributed by atoms with Crippen LogP contribution in [-0.4, -0.2) is 0 Å². The molecule has 0 N–H and O–H groups in total. The van der Waals surface area contributed by atoms with Crippen LogP contribution in [0.5, 0.6) is 0 Å². The van der Waals surface area contributed by atoms with E-state index >= 15 is 0 Å². The molecule has 28 heavy (non-hydrogen) atoms. The largest absolute Gasteiger partial charge is 0.313 e. The molecular formula is C26H20OP. The number of benzene rings is 3. The lowest BCUT2D eigenvalue weighted by molar-refractivity contribution is 0.588. The third kappa shape index (κ3) is 2.58. The van der Waals surface area contributed by atoms with Gasteiger partial charge < -0.3 is 4.57 Å². The summed E-state index contributed by atoms with van der Waals surface area (Å²) >= 11 is 0. The lowest BCUT2D eigenvalue weighted by Gasteiger charge is -2.25. The van der Waals surface area contributed by atoms with Gasteiger partial charge in [-0.25, -0.2) is 0 Å². The Labute approximate surface area is 166 Å². The Kier molecular flexibility index (Phi) is 4.26. The quantitative estimate of drug-likeness (QED) is 0.473. The summed E-state index contributed by atoms with van der Waals surface area (Å²) in [7, 11) is -2.95. The van der Waals surface area contributed by atoms with Crippen molar-refractivity contribution in [2.75, 3.05) is 0 Å². The molecule has 0 bridgehead atoms. The van der Waals surface area contributed by atoms with E-state index in [4.69, 9.17) is 0 Å². The Morgan fingerprint density at radius 1 is 0.643 bits per heavy atom. The standard InChI is InChI=1S/C26H20OP/c27-28(22-16-8-3-9-17-22)24-19-11-10-18-23(24)25(20-12-4-1-5-13-20)26(28)21-14-6-2-7-15-21/h1-19,23H. The molecule has 1 radical (unpaired) electrons. The lowest BCUT2D eigenvalue weighted by atomic mass is 9.86. The van der Waals surface area contributed by atoms with E-state index in [2.05, 4.69) is 54.6 Å². The Balaban J connectivity index is 1.88. The molecule has 1 aliphatic heterocycles. The van der Waals surface area contributed by atoms with Crippen molar-refractivity contribution in [1.29, 1.82) is 0 Å². The van der Waals surface area contributed by atoms with Crippen molar-refractivity contribution in [3.8, 4) is 0 Å². The van der Waals surface area contributed by atoms with E-state index in [1.165, 1.54) is 0 Å². The van der Waals surface area contributed by atoms with Gasteiger partial charge in [0, 0.05) is 16.5 Å². The second-order valence-corrected chi connectivity index (χ2v) is 9.78. The molecule has 1 nitrogen and oxygen atoms in total. The molecule has 1 heterocycles. The molecule has 0 fully saturated rings. The first-order chi connectivity index (χ1) is 13.8. The van der Waals surface area contributed by atoms with Gasteiger partial charge in [-0.1, -0.05) is 115 Å². The maximum absolute atomic E-state index is 14.9. The number of rotatable bonds is 3. The zero-order chi connectivity index (χ0) is 19.0. The van der Waals surface area contributed by atoms with Gasteiger partial charge >= 0.3 is 0 Å². The minimum Gasteiger partial charge on any atom is -0.313 e. The predicted molar refractivity (Wildman–Crippen MR) is 118 cm³/mol. The second kappa shape index (κ2) is 6.93. The Bertz CT molecular complexity index is 1120. The van der Waals surface area contributed by atoms with E-state index in [0.717, 1.165) is 33.0 Å². The first kappa shape index (κ1) is 17.2. The van der Waals surface area contributed by atoms with Gasteiger partial charge in [0.15, 0.2) is 7.14 Å². The number of allylic oxidation sites excluding steroid dienone is 5. The molecule has 2 aliphatic rings. The molecule has 0 saturated heterocycles. The van der Waals surface area contributed by atoms with Crippen molar-refractivity contribution in [3.05, 3.63) is 132 Å². The smallest absolute Gasteiger partial charge is 0.155 e. The van der Waals surface area contributed by atoms with E-state index < -0.39 is 7.14 Å². The van der Waals surface area contributed by atoms with Crippen LogP contribution in [-0.2, 0) is 4.57 Å². The fourth-order valence-corrected chi connectivity index (χ4v) is 7.74. The number of fused-ring (bicyclic) bond motifs is 1. The van der Waals surface area contributed by atoms with Crippen LogP contribution in [0.1, 0.15) is 11.1 Å². The van der Waals surface area contributed by atoms with Gasteiger partial charge in [0.25, 0.3) is 0 Å². The van der Waals surface area contributed by atoms with E-state index in [1.807, 2.05) is 60.7 Å². The summed E-state index contributed by atoms with van der Waals surface area (Å²) in [5.74, 6) is 0.0358. The molecule has 1 aliphatic carbocycles. The van der Waals surface area contributed by atoms with Crippen molar-refractivity contribution in [1.82, 2.24) is 0 Å². The summed E-state index contributed by atoms with van der Waals surface area (Å²) in [5, 5.41) is 1.88. The SMILES string of the molecule is O=P1(c2ccccc2)[C]2C=CC=CC2C(c2ccccc2)=C1c1ccccc1. The van der Waals surface area contributed by atoms with Gasteiger partial charge in [0.2, 0.25) is 0 Å². The third-order valence-electron chi connectivity index (χ3n) is 5.50. The van der Waals surface area contributed by atoms with E-state index in [1.54, 1.807) is 0 Å². The highest BCUT2D eigenvalue weighted by molar-refractivity contribution is 7.85. The number of hydrogen-bond acceptors (Lipinski definition) is 1. The lowest BCUT2D eigenvalue weighted by Crippen LogP contribution is -2.12. The zero-order valence-corrected chi connectivity index (χ0v) is 16.3. The van der Waals surface area contributed by atoms with Crippen LogP contribution >= 0.6 is 7.14 Å². The van der Waals surface area contributed by atoms with Crippen LogP contribution in [0, 0.1) is 11.6 Å². The summed E-state index contributed by atoms with van der Waals surface area (Å²) in [6.07, 6.45) is 8.33. The monoisotopic (exact) mass is 379 g/mol. The van der Waals surface area contributed by atoms with Gasteiger partial charge in [0.1, 0.15) is 0 Å². The van der Waals surface area contributed by atoms with Crippen molar-refractivity contribution in [2.45, 2.75) is 0 Å². The van der Waals surface area contributed by atoms with Crippen molar-refractivity contribution >= 4 is 23.3 Å². The molecule has 0 saturated carbocycles. The van der Waals surface area contributed by atoms with Crippen LogP contribution in [0.2, 0.25) is 0 Å². The third-order valence-corrected chi connectivity index (χ3v) is 8.81. The van der Waals surface area contributed by atoms with Crippen molar-refractivity contribution in [3.63, 3.8) is 0 Å². The van der Waals surface area contributed by atoms with E-state index in [9.17, 15) is 4.57 Å². The fraction of sp³-hybridized carbons (Fsp3) is 0.0385. The molecule has 0 amide bonds. The molecule has 2 unspecified atom stereocenters. The van der Waals surface area contributed by atoms with Crippen LogP contribution in [0.25, 0.3) is 10.9 Å². The van der Waals surface area contributed by atoms with Gasteiger partial charge in [-0.05, 0) is 16.7 Å². The second-order valence-electron chi connectivity index (χ2n) is 7.09. The zero-order valence-electron chi connectivity index (χ0n) is 15.4. The maximum Gasteiger partial charge on any atom is 0.155 e. The first-order valence-electron chi connectivity index (χ1n) is 9.53. The van der Waals surface area contributed by atoms with Crippen LogP contribution < -0.4 is 5.30 Å². The Hall–Kier alpha value is -2.89. The maximum atomic E-state index is 14.9. The highest BCUT2D eigenvalue weighted by atomic mass is 31.2. The van der Waals surface area contributed by atoms with Crippen LogP contribution in [0.3, 0.4) is 0 Å². The molecule has 3 aromatic rings. The molecule has 2 atom stereocenters. The average molecular weight is 379 g/mol. The van der Waals surface area contributed by atoms with Gasteiger partial charge in [-0.3, -0.25) is 0 Å². The minimum absolute atomic E-state index is 0.0358. The minimum atomic E-state index is -2.95. The topological polar surface area (TPSA) is 17.1 Å². The molecule has 0 aromatic heterocycles. The van der Waals surface area contributed by atoms with E-state index in [-0.39, 0.29) is 5.92 Å².